The van der Waals surface area contributed by atoms with E-state index in [1.54, 1.807) is 6.92 Å². The SMILES string of the molecule is C=CCN(C)S(=O)(=O)c1cc(N)c(C)c(Cl)c1. The molecule has 17 heavy (non-hydrogen) atoms. The fraction of sp³-hybridized carbons (Fsp3) is 0.273. The van der Waals surface area contributed by atoms with E-state index in [4.69, 9.17) is 17.3 Å². The number of hydrogen-bond acceptors (Lipinski definition) is 3. The Bertz CT molecular complexity index is 517. The summed E-state index contributed by atoms with van der Waals surface area (Å²) in [5.74, 6) is 0. The van der Waals surface area contributed by atoms with Crippen LogP contribution in [0.15, 0.2) is 29.7 Å². The van der Waals surface area contributed by atoms with E-state index in [1.165, 1.54) is 29.6 Å². The number of nitrogens with zero attached hydrogens (tertiary/aromatic N) is 1. The number of anilines is 1. The number of sulfonamides is 1. The number of halogens is 1. The first-order valence-electron chi connectivity index (χ1n) is 4.93. The third-order valence-corrected chi connectivity index (χ3v) is 4.65. The van der Waals surface area contributed by atoms with Gasteiger partial charge in [-0.3, -0.25) is 0 Å². The van der Waals surface area contributed by atoms with Gasteiger partial charge in [-0.1, -0.05) is 17.7 Å². The Morgan fingerprint density at radius 1 is 1.53 bits per heavy atom. The molecule has 2 N–H and O–H groups in total. The fourth-order valence-corrected chi connectivity index (χ4v) is 2.78. The van der Waals surface area contributed by atoms with Crippen molar-refractivity contribution >= 4 is 27.3 Å². The van der Waals surface area contributed by atoms with Crippen LogP contribution in [-0.2, 0) is 10.0 Å². The summed E-state index contributed by atoms with van der Waals surface area (Å²) >= 11 is 5.92. The Morgan fingerprint density at radius 2 is 2.12 bits per heavy atom. The Morgan fingerprint density at radius 3 is 2.59 bits per heavy atom. The highest BCUT2D eigenvalue weighted by atomic mass is 35.5. The molecule has 0 amide bonds. The maximum absolute atomic E-state index is 12.1. The number of nitrogen functional groups attached to an aromatic ring is 1. The van der Waals surface area contributed by atoms with Crippen LogP contribution >= 0.6 is 11.6 Å². The highest BCUT2D eigenvalue weighted by molar-refractivity contribution is 7.89. The highest BCUT2D eigenvalue weighted by Gasteiger charge is 2.21. The monoisotopic (exact) mass is 274 g/mol. The molecule has 0 spiro atoms. The lowest BCUT2D eigenvalue weighted by molar-refractivity contribution is 0.499. The predicted octanol–water partition coefficient (Wildman–Crippen LogP) is 2.04. The molecular weight excluding hydrogens is 260 g/mol. The maximum Gasteiger partial charge on any atom is 0.243 e. The van der Waals surface area contributed by atoms with Crippen molar-refractivity contribution in [3.8, 4) is 0 Å². The zero-order valence-corrected chi connectivity index (χ0v) is 11.3. The topological polar surface area (TPSA) is 63.4 Å². The second-order valence-electron chi connectivity index (χ2n) is 3.69. The molecule has 0 radical (unpaired) electrons. The number of likely N-dealkylation sites (N-methyl/N-ethyl adjacent to an activating group) is 1. The molecule has 94 valence electrons. The van der Waals surface area contributed by atoms with Crippen LogP contribution < -0.4 is 5.73 Å². The van der Waals surface area contributed by atoms with Crippen LogP contribution in [0.25, 0.3) is 0 Å². The molecule has 0 aromatic heterocycles. The first-order chi connectivity index (χ1) is 7.80. The average molecular weight is 275 g/mol. The standard InChI is InChI=1S/C11H15ClN2O2S/c1-4-5-14(3)17(15,16)9-6-10(12)8(2)11(13)7-9/h4,6-7H,1,5,13H2,2-3H3. The van der Waals surface area contributed by atoms with Gasteiger partial charge >= 0.3 is 0 Å². The minimum atomic E-state index is -3.57. The van der Waals surface area contributed by atoms with Crippen molar-refractivity contribution in [1.82, 2.24) is 4.31 Å². The molecule has 0 aliphatic carbocycles. The lowest BCUT2D eigenvalue weighted by atomic mass is 10.2. The third-order valence-electron chi connectivity index (χ3n) is 2.45. The molecular formula is C11H15ClN2O2S. The molecule has 6 heteroatoms. The van der Waals surface area contributed by atoms with Gasteiger partial charge in [-0.05, 0) is 24.6 Å². The predicted molar refractivity (Wildman–Crippen MR) is 70.6 cm³/mol. The minimum Gasteiger partial charge on any atom is -0.398 e. The van der Waals surface area contributed by atoms with Crippen molar-refractivity contribution in [2.45, 2.75) is 11.8 Å². The van der Waals surface area contributed by atoms with Crippen LogP contribution in [0.2, 0.25) is 5.02 Å². The van der Waals surface area contributed by atoms with Gasteiger partial charge < -0.3 is 5.73 Å². The van der Waals surface area contributed by atoms with Crippen LogP contribution in [0, 0.1) is 6.92 Å². The van der Waals surface area contributed by atoms with Gasteiger partial charge in [0.1, 0.15) is 0 Å². The number of nitrogens with two attached hydrogens (primary N) is 1. The Kier molecular flexibility index (Phi) is 4.19. The molecule has 0 unspecified atom stereocenters. The summed E-state index contributed by atoms with van der Waals surface area (Å²) in [6.07, 6.45) is 1.51. The van der Waals surface area contributed by atoms with Gasteiger partial charge in [-0.15, -0.1) is 6.58 Å². The molecule has 0 saturated carbocycles. The van der Waals surface area contributed by atoms with E-state index in [0.29, 0.717) is 16.3 Å². The molecule has 1 aromatic rings. The summed E-state index contributed by atoms with van der Waals surface area (Å²) in [7, 11) is -2.09. The molecule has 0 aliphatic heterocycles. The van der Waals surface area contributed by atoms with E-state index < -0.39 is 10.0 Å². The van der Waals surface area contributed by atoms with Crippen LogP contribution in [0.5, 0.6) is 0 Å². The third kappa shape index (κ3) is 2.80. The quantitative estimate of drug-likeness (QED) is 0.675. The van der Waals surface area contributed by atoms with Gasteiger partial charge in [0, 0.05) is 24.3 Å². The average Bonchev–Trinajstić information content (AvgIpc) is 2.25. The summed E-state index contributed by atoms with van der Waals surface area (Å²) in [5.41, 5.74) is 6.75. The first kappa shape index (κ1) is 14.0. The zero-order chi connectivity index (χ0) is 13.2. The largest absolute Gasteiger partial charge is 0.398 e. The van der Waals surface area contributed by atoms with E-state index in [1.807, 2.05) is 0 Å². The van der Waals surface area contributed by atoms with Gasteiger partial charge in [-0.2, -0.15) is 4.31 Å². The Labute approximate surface area is 107 Å². The smallest absolute Gasteiger partial charge is 0.243 e. The summed E-state index contributed by atoms with van der Waals surface area (Å²) in [5, 5.41) is 0.343. The number of rotatable bonds is 4. The van der Waals surface area contributed by atoms with E-state index >= 15 is 0 Å². The summed E-state index contributed by atoms with van der Waals surface area (Å²) in [6, 6.07) is 2.82. The highest BCUT2D eigenvalue weighted by Crippen LogP contribution is 2.27. The van der Waals surface area contributed by atoms with Crippen molar-refractivity contribution in [3.63, 3.8) is 0 Å². The maximum atomic E-state index is 12.1. The first-order valence-corrected chi connectivity index (χ1v) is 6.75. The summed E-state index contributed by atoms with van der Waals surface area (Å²) in [6.45, 7) is 5.47. The van der Waals surface area contributed by atoms with Crippen LogP contribution in [0.3, 0.4) is 0 Å². The summed E-state index contributed by atoms with van der Waals surface area (Å²) < 4.78 is 25.4. The second-order valence-corrected chi connectivity index (χ2v) is 6.15. The number of hydrogen-bond donors (Lipinski definition) is 1. The van der Waals surface area contributed by atoms with Crippen LogP contribution in [0.4, 0.5) is 5.69 Å². The van der Waals surface area contributed by atoms with E-state index in [9.17, 15) is 8.42 Å². The zero-order valence-electron chi connectivity index (χ0n) is 9.77. The Hall–Kier alpha value is -1.04. The van der Waals surface area contributed by atoms with Gasteiger partial charge in [-0.25, -0.2) is 8.42 Å². The molecule has 0 bridgehead atoms. The fourth-order valence-electron chi connectivity index (χ4n) is 1.28. The Balaban J connectivity index is 3.30. The van der Waals surface area contributed by atoms with Crippen LogP contribution in [-0.4, -0.2) is 26.3 Å². The van der Waals surface area contributed by atoms with Crippen molar-refractivity contribution in [2.75, 3.05) is 19.3 Å². The van der Waals surface area contributed by atoms with Crippen molar-refractivity contribution in [1.29, 1.82) is 0 Å². The van der Waals surface area contributed by atoms with Crippen molar-refractivity contribution in [3.05, 3.63) is 35.4 Å². The van der Waals surface area contributed by atoms with Gasteiger partial charge in [0.05, 0.1) is 4.90 Å². The van der Waals surface area contributed by atoms with Gasteiger partial charge in [0.2, 0.25) is 10.0 Å². The molecule has 4 nitrogen and oxygen atoms in total. The van der Waals surface area contributed by atoms with E-state index in [0.717, 1.165) is 0 Å². The molecule has 0 saturated heterocycles. The van der Waals surface area contributed by atoms with Crippen molar-refractivity contribution in [2.24, 2.45) is 0 Å². The van der Waals surface area contributed by atoms with Gasteiger partial charge in [0.25, 0.3) is 0 Å². The van der Waals surface area contributed by atoms with E-state index in [2.05, 4.69) is 6.58 Å². The van der Waals surface area contributed by atoms with Gasteiger partial charge in [0.15, 0.2) is 0 Å². The molecule has 0 fully saturated rings. The number of benzene rings is 1. The van der Waals surface area contributed by atoms with E-state index in [-0.39, 0.29) is 11.4 Å². The molecule has 0 atom stereocenters. The normalized spacial score (nSPS) is 11.8. The molecule has 0 heterocycles. The van der Waals surface area contributed by atoms with Crippen LogP contribution in [0.1, 0.15) is 5.56 Å². The second kappa shape index (κ2) is 5.08. The molecule has 0 aliphatic rings. The lowest BCUT2D eigenvalue weighted by Gasteiger charge is -2.16. The molecule has 1 aromatic carbocycles. The molecule has 1 rings (SSSR count). The van der Waals surface area contributed by atoms with Crippen molar-refractivity contribution < 1.29 is 8.42 Å². The lowest BCUT2D eigenvalue weighted by Crippen LogP contribution is -2.27. The minimum absolute atomic E-state index is 0.0925. The summed E-state index contributed by atoms with van der Waals surface area (Å²) in [4.78, 5) is 0.0925.